The van der Waals surface area contributed by atoms with E-state index in [2.05, 4.69) is 10.2 Å². The highest BCUT2D eigenvalue weighted by Crippen LogP contribution is 2.28. The third kappa shape index (κ3) is 2.63. The van der Waals surface area contributed by atoms with Crippen molar-refractivity contribution in [2.45, 2.75) is 32.5 Å². The van der Waals surface area contributed by atoms with Crippen molar-refractivity contribution < 1.29 is 9.53 Å². The number of fused-ring (bicyclic) bond motifs is 1. The molecule has 112 valence electrons. The average molecular weight is 308 g/mol. The Morgan fingerprint density at radius 3 is 3.00 bits per heavy atom. The molecular weight excluding hydrogens is 290 g/mol. The van der Waals surface area contributed by atoms with Gasteiger partial charge < -0.3 is 9.64 Å². The Balaban J connectivity index is 2.00. The summed E-state index contributed by atoms with van der Waals surface area (Å²) in [6.45, 7) is 7.04. The highest BCUT2D eigenvalue weighted by Gasteiger charge is 2.35. The standard InChI is InChI=1S/C15H18ClN3O2/c1-9-7-19(8-15(2,3)21-9)14(20)12-11(16)5-4-10-6-17-18-13(10)12/h4-6,9H,7-8H2,1-3H3,(H,17,18). The number of hydrogen-bond acceptors (Lipinski definition) is 3. The molecule has 1 aliphatic rings. The molecule has 1 saturated heterocycles. The molecular formula is C15H18ClN3O2. The van der Waals surface area contributed by atoms with Crippen LogP contribution in [0.3, 0.4) is 0 Å². The molecule has 1 aromatic heterocycles. The van der Waals surface area contributed by atoms with E-state index >= 15 is 0 Å². The van der Waals surface area contributed by atoms with Crippen LogP contribution in [0.15, 0.2) is 18.3 Å². The minimum Gasteiger partial charge on any atom is -0.369 e. The zero-order chi connectivity index (χ0) is 15.2. The summed E-state index contributed by atoms with van der Waals surface area (Å²) in [4.78, 5) is 14.7. The van der Waals surface area contributed by atoms with Gasteiger partial charge in [0, 0.05) is 18.5 Å². The fourth-order valence-electron chi connectivity index (χ4n) is 2.96. The van der Waals surface area contributed by atoms with Gasteiger partial charge >= 0.3 is 0 Å². The van der Waals surface area contributed by atoms with Gasteiger partial charge in [0.15, 0.2) is 0 Å². The third-order valence-corrected chi connectivity index (χ3v) is 3.95. The SMILES string of the molecule is CC1CN(C(=O)c2c(Cl)ccc3cn[nH]c23)CC(C)(C)O1. The van der Waals surface area contributed by atoms with Crippen molar-refractivity contribution in [3.05, 3.63) is 28.9 Å². The topological polar surface area (TPSA) is 58.2 Å². The van der Waals surface area contributed by atoms with E-state index in [0.29, 0.717) is 29.2 Å². The van der Waals surface area contributed by atoms with E-state index in [1.54, 1.807) is 17.2 Å². The van der Waals surface area contributed by atoms with Crippen molar-refractivity contribution in [2.24, 2.45) is 0 Å². The number of nitrogens with zero attached hydrogens (tertiary/aromatic N) is 2. The summed E-state index contributed by atoms with van der Waals surface area (Å²) in [6.07, 6.45) is 1.69. The monoisotopic (exact) mass is 307 g/mol. The summed E-state index contributed by atoms with van der Waals surface area (Å²) in [5.74, 6) is -0.0851. The number of carbonyl (C=O) groups is 1. The highest BCUT2D eigenvalue weighted by molar-refractivity contribution is 6.35. The molecule has 1 amide bonds. The Morgan fingerprint density at radius 2 is 2.29 bits per heavy atom. The quantitative estimate of drug-likeness (QED) is 0.881. The van der Waals surface area contributed by atoms with Crippen LogP contribution in [0.25, 0.3) is 10.9 Å². The molecule has 1 fully saturated rings. The van der Waals surface area contributed by atoms with Gasteiger partial charge in [-0.2, -0.15) is 5.10 Å². The second-order valence-electron chi connectivity index (χ2n) is 6.13. The Bertz CT molecular complexity index is 695. The number of H-pyrrole nitrogens is 1. The zero-order valence-electron chi connectivity index (χ0n) is 12.3. The number of morpholine rings is 1. The van der Waals surface area contributed by atoms with E-state index in [0.717, 1.165) is 5.39 Å². The van der Waals surface area contributed by atoms with Gasteiger partial charge in [0.05, 0.1) is 34.0 Å². The molecule has 0 aliphatic carbocycles. The number of ether oxygens (including phenoxy) is 1. The first-order valence-electron chi connectivity index (χ1n) is 6.96. The number of aromatic amines is 1. The summed E-state index contributed by atoms with van der Waals surface area (Å²) in [5.41, 5.74) is 0.808. The van der Waals surface area contributed by atoms with E-state index in [9.17, 15) is 4.79 Å². The maximum atomic E-state index is 12.9. The van der Waals surface area contributed by atoms with E-state index in [1.165, 1.54) is 0 Å². The number of hydrogen-bond donors (Lipinski definition) is 1. The van der Waals surface area contributed by atoms with Crippen molar-refractivity contribution in [1.29, 1.82) is 0 Å². The van der Waals surface area contributed by atoms with Crippen molar-refractivity contribution in [3.63, 3.8) is 0 Å². The average Bonchev–Trinajstić information content (AvgIpc) is 2.83. The molecule has 2 aromatic rings. The predicted octanol–water partition coefficient (Wildman–Crippen LogP) is 2.86. The number of benzene rings is 1. The second-order valence-corrected chi connectivity index (χ2v) is 6.54. The molecule has 6 heteroatoms. The van der Waals surface area contributed by atoms with Crippen LogP contribution < -0.4 is 0 Å². The Labute approximate surface area is 128 Å². The van der Waals surface area contributed by atoms with Gasteiger partial charge in [-0.3, -0.25) is 9.89 Å². The molecule has 1 N–H and O–H groups in total. The first-order chi connectivity index (χ1) is 9.87. The van der Waals surface area contributed by atoms with Crippen LogP contribution in [0, 0.1) is 0 Å². The van der Waals surface area contributed by atoms with Crippen LogP contribution in [-0.4, -0.2) is 45.8 Å². The fourth-order valence-corrected chi connectivity index (χ4v) is 3.20. The van der Waals surface area contributed by atoms with Gasteiger partial charge in [-0.15, -0.1) is 0 Å². The van der Waals surface area contributed by atoms with E-state index in [-0.39, 0.29) is 17.6 Å². The summed E-state index contributed by atoms with van der Waals surface area (Å²) in [6, 6.07) is 3.59. The second kappa shape index (κ2) is 5.00. The van der Waals surface area contributed by atoms with Gasteiger partial charge in [-0.05, 0) is 32.9 Å². The van der Waals surface area contributed by atoms with Gasteiger partial charge in [0.2, 0.25) is 0 Å². The van der Waals surface area contributed by atoms with Gasteiger partial charge in [-0.25, -0.2) is 0 Å². The Hall–Kier alpha value is -1.59. The normalized spacial score (nSPS) is 21.7. The first-order valence-corrected chi connectivity index (χ1v) is 7.34. The van der Waals surface area contributed by atoms with Crippen LogP contribution in [-0.2, 0) is 4.74 Å². The Morgan fingerprint density at radius 1 is 1.52 bits per heavy atom. The summed E-state index contributed by atoms with van der Waals surface area (Å²) < 4.78 is 5.85. The number of carbonyl (C=O) groups excluding carboxylic acids is 1. The molecule has 2 heterocycles. The first kappa shape index (κ1) is 14.4. The van der Waals surface area contributed by atoms with Crippen molar-refractivity contribution in [3.8, 4) is 0 Å². The molecule has 5 nitrogen and oxygen atoms in total. The predicted molar refractivity (Wildman–Crippen MR) is 81.6 cm³/mol. The smallest absolute Gasteiger partial charge is 0.257 e. The van der Waals surface area contributed by atoms with Crippen LogP contribution in [0.2, 0.25) is 5.02 Å². The van der Waals surface area contributed by atoms with Crippen LogP contribution in [0.1, 0.15) is 31.1 Å². The van der Waals surface area contributed by atoms with Crippen molar-refractivity contribution in [2.75, 3.05) is 13.1 Å². The summed E-state index contributed by atoms with van der Waals surface area (Å²) in [5, 5.41) is 8.18. The molecule has 0 radical (unpaired) electrons. The fraction of sp³-hybridized carbons (Fsp3) is 0.467. The molecule has 1 aromatic carbocycles. The van der Waals surface area contributed by atoms with Gasteiger partial charge in [0.1, 0.15) is 0 Å². The van der Waals surface area contributed by atoms with Gasteiger partial charge in [-0.1, -0.05) is 11.6 Å². The molecule has 1 unspecified atom stereocenters. The molecule has 0 bridgehead atoms. The number of halogens is 1. The summed E-state index contributed by atoms with van der Waals surface area (Å²) in [7, 11) is 0. The highest BCUT2D eigenvalue weighted by atomic mass is 35.5. The largest absolute Gasteiger partial charge is 0.369 e. The summed E-state index contributed by atoms with van der Waals surface area (Å²) >= 11 is 6.26. The van der Waals surface area contributed by atoms with Crippen LogP contribution in [0.4, 0.5) is 0 Å². The maximum absolute atomic E-state index is 12.9. The number of amides is 1. The lowest BCUT2D eigenvalue weighted by molar-refractivity contribution is -0.118. The molecule has 1 atom stereocenters. The number of rotatable bonds is 1. The number of nitrogens with one attached hydrogen (secondary N) is 1. The zero-order valence-corrected chi connectivity index (χ0v) is 13.1. The lowest BCUT2D eigenvalue weighted by Crippen LogP contribution is -2.53. The Kier molecular flexibility index (Phi) is 3.42. The maximum Gasteiger partial charge on any atom is 0.257 e. The molecule has 0 saturated carbocycles. The van der Waals surface area contributed by atoms with Crippen molar-refractivity contribution >= 4 is 28.4 Å². The molecule has 0 spiro atoms. The number of aromatic nitrogens is 2. The molecule has 1 aliphatic heterocycles. The van der Waals surface area contributed by atoms with Gasteiger partial charge in [0.25, 0.3) is 5.91 Å². The minimum atomic E-state index is -0.359. The van der Waals surface area contributed by atoms with Crippen LogP contribution in [0.5, 0.6) is 0 Å². The molecule has 3 rings (SSSR count). The van der Waals surface area contributed by atoms with Crippen LogP contribution >= 0.6 is 11.6 Å². The minimum absolute atomic E-state index is 0.00237. The van der Waals surface area contributed by atoms with E-state index in [1.807, 2.05) is 26.8 Å². The van der Waals surface area contributed by atoms with Crippen molar-refractivity contribution in [1.82, 2.24) is 15.1 Å². The molecule has 21 heavy (non-hydrogen) atoms. The lowest BCUT2D eigenvalue weighted by Gasteiger charge is -2.41. The lowest BCUT2D eigenvalue weighted by atomic mass is 10.0. The van der Waals surface area contributed by atoms with E-state index < -0.39 is 0 Å². The van der Waals surface area contributed by atoms with E-state index in [4.69, 9.17) is 16.3 Å². The third-order valence-electron chi connectivity index (χ3n) is 3.64.